The largest absolute Gasteiger partial charge is 0.316 e. The zero-order chi connectivity index (χ0) is 6.53. The summed E-state index contributed by atoms with van der Waals surface area (Å²) in [5, 5.41) is 3.31. The third-order valence-electron chi connectivity index (χ3n) is 1.78. The van der Waals surface area contributed by atoms with Crippen LogP contribution in [0.3, 0.4) is 0 Å². The number of nitrogens with one attached hydrogen (secondary N) is 1. The molecule has 1 saturated heterocycles. The van der Waals surface area contributed by atoms with Crippen molar-refractivity contribution in [3.8, 4) is 12.3 Å². The van der Waals surface area contributed by atoms with Crippen molar-refractivity contribution < 1.29 is 0 Å². The van der Waals surface area contributed by atoms with Gasteiger partial charge in [0, 0.05) is 12.5 Å². The maximum Gasteiger partial charge on any atom is 0.0325 e. The van der Waals surface area contributed by atoms with Crippen molar-refractivity contribution >= 4 is 12.4 Å². The van der Waals surface area contributed by atoms with Gasteiger partial charge < -0.3 is 5.32 Å². The highest BCUT2D eigenvalue weighted by molar-refractivity contribution is 5.85. The highest BCUT2D eigenvalue weighted by Gasteiger charge is 2.06. The van der Waals surface area contributed by atoms with E-state index in [2.05, 4.69) is 11.2 Å². The lowest BCUT2D eigenvalue weighted by Gasteiger charge is -2.03. The molecule has 0 aromatic carbocycles. The standard InChI is InChI=1S/C8H13N.ClH/c1-2-8-5-3-4-6-9-7-8;/h1,8-9H,3-7H2;1H. The molecular formula is C8H14ClN. The summed E-state index contributed by atoms with van der Waals surface area (Å²) < 4.78 is 0. The van der Waals surface area contributed by atoms with Crippen molar-refractivity contribution in [1.82, 2.24) is 5.32 Å². The van der Waals surface area contributed by atoms with Crippen LogP contribution in [0.2, 0.25) is 0 Å². The van der Waals surface area contributed by atoms with Gasteiger partial charge in [0.15, 0.2) is 0 Å². The van der Waals surface area contributed by atoms with E-state index in [1.165, 1.54) is 19.3 Å². The summed E-state index contributed by atoms with van der Waals surface area (Å²) in [6, 6.07) is 0. The van der Waals surface area contributed by atoms with E-state index in [1.54, 1.807) is 0 Å². The first-order chi connectivity index (χ1) is 4.43. The van der Waals surface area contributed by atoms with Gasteiger partial charge in [0.2, 0.25) is 0 Å². The molecule has 1 aliphatic rings. The predicted octanol–water partition coefficient (Wildman–Crippen LogP) is 1.43. The lowest BCUT2D eigenvalue weighted by Crippen LogP contribution is -2.19. The van der Waals surface area contributed by atoms with Gasteiger partial charge in [-0.25, -0.2) is 0 Å². The monoisotopic (exact) mass is 159 g/mol. The second-order valence-corrected chi connectivity index (χ2v) is 2.56. The fourth-order valence-electron chi connectivity index (χ4n) is 1.16. The minimum Gasteiger partial charge on any atom is -0.316 e. The highest BCUT2D eigenvalue weighted by atomic mass is 35.5. The molecule has 0 spiro atoms. The Morgan fingerprint density at radius 2 is 2.20 bits per heavy atom. The SMILES string of the molecule is C#CC1CCCCNC1.Cl. The van der Waals surface area contributed by atoms with Crippen LogP contribution in [-0.2, 0) is 0 Å². The molecule has 1 fully saturated rings. The summed E-state index contributed by atoms with van der Waals surface area (Å²) in [4.78, 5) is 0. The molecule has 1 N–H and O–H groups in total. The Morgan fingerprint density at radius 1 is 1.40 bits per heavy atom. The van der Waals surface area contributed by atoms with E-state index >= 15 is 0 Å². The molecule has 0 amide bonds. The fraction of sp³-hybridized carbons (Fsp3) is 0.750. The van der Waals surface area contributed by atoms with Gasteiger partial charge in [-0.1, -0.05) is 6.42 Å². The Kier molecular flexibility index (Phi) is 5.48. The molecule has 10 heavy (non-hydrogen) atoms. The normalized spacial score (nSPS) is 25.7. The van der Waals surface area contributed by atoms with Crippen LogP contribution in [0.25, 0.3) is 0 Å². The van der Waals surface area contributed by atoms with E-state index < -0.39 is 0 Å². The summed E-state index contributed by atoms with van der Waals surface area (Å²) in [5.74, 6) is 3.27. The molecule has 1 aliphatic heterocycles. The van der Waals surface area contributed by atoms with Gasteiger partial charge in [-0.2, -0.15) is 0 Å². The van der Waals surface area contributed by atoms with Crippen LogP contribution in [0, 0.1) is 18.3 Å². The number of hydrogen-bond acceptors (Lipinski definition) is 1. The van der Waals surface area contributed by atoms with E-state index in [0.29, 0.717) is 5.92 Å². The van der Waals surface area contributed by atoms with E-state index in [-0.39, 0.29) is 12.4 Å². The smallest absolute Gasteiger partial charge is 0.0325 e. The molecule has 0 bridgehead atoms. The molecule has 0 aliphatic carbocycles. The van der Waals surface area contributed by atoms with Crippen molar-refractivity contribution in [2.45, 2.75) is 19.3 Å². The highest BCUT2D eigenvalue weighted by Crippen LogP contribution is 2.08. The Balaban J connectivity index is 0.000000810. The lowest BCUT2D eigenvalue weighted by molar-refractivity contribution is 0.597. The lowest BCUT2D eigenvalue weighted by atomic mass is 10.1. The van der Waals surface area contributed by atoms with Gasteiger partial charge in [-0.3, -0.25) is 0 Å². The van der Waals surface area contributed by atoms with E-state index in [9.17, 15) is 0 Å². The Labute approximate surface area is 69.0 Å². The third kappa shape index (κ3) is 3.10. The Hall–Kier alpha value is -0.190. The van der Waals surface area contributed by atoms with E-state index in [0.717, 1.165) is 13.1 Å². The zero-order valence-corrected chi connectivity index (χ0v) is 6.91. The number of terminal acetylenes is 1. The average Bonchev–Trinajstić information content (AvgIpc) is 2.13. The number of hydrogen-bond donors (Lipinski definition) is 1. The minimum absolute atomic E-state index is 0. The molecular weight excluding hydrogens is 146 g/mol. The van der Waals surface area contributed by atoms with Crippen LogP contribution < -0.4 is 5.32 Å². The molecule has 2 heteroatoms. The first-order valence-corrected chi connectivity index (χ1v) is 3.60. The second kappa shape index (κ2) is 5.58. The van der Waals surface area contributed by atoms with Gasteiger partial charge in [-0.05, 0) is 19.4 Å². The van der Waals surface area contributed by atoms with Crippen molar-refractivity contribution in [3.63, 3.8) is 0 Å². The topological polar surface area (TPSA) is 12.0 Å². The molecule has 1 heterocycles. The quantitative estimate of drug-likeness (QED) is 0.528. The zero-order valence-electron chi connectivity index (χ0n) is 6.10. The molecule has 58 valence electrons. The van der Waals surface area contributed by atoms with E-state index in [4.69, 9.17) is 6.42 Å². The number of rotatable bonds is 0. The predicted molar refractivity (Wildman–Crippen MR) is 46.3 cm³/mol. The van der Waals surface area contributed by atoms with Crippen LogP contribution >= 0.6 is 12.4 Å². The van der Waals surface area contributed by atoms with Gasteiger partial charge in [0.25, 0.3) is 0 Å². The first-order valence-electron chi connectivity index (χ1n) is 3.60. The number of halogens is 1. The van der Waals surface area contributed by atoms with Gasteiger partial charge in [0.1, 0.15) is 0 Å². The maximum absolute atomic E-state index is 5.28. The second-order valence-electron chi connectivity index (χ2n) is 2.56. The summed E-state index contributed by atoms with van der Waals surface area (Å²) in [7, 11) is 0. The fourth-order valence-corrected chi connectivity index (χ4v) is 1.16. The summed E-state index contributed by atoms with van der Waals surface area (Å²) in [5.41, 5.74) is 0. The molecule has 1 atom stereocenters. The molecule has 0 radical (unpaired) electrons. The summed E-state index contributed by atoms with van der Waals surface area (Å²) in [6.07, 6.45) is 9.08. The Morgan fingerprint density at radius 3 is 2.90 bits per heavy atom. The first kappa shape index (κ1) is 9.81. The molecule has 0 saturated carbocycles. The average molecular weight is 160 g/mol. The van der Waals surface area contributed by atoms with Crippen molar-refractivity contribution in [2.24, 2.45) is 5.92 Å². The van der Waals surface area contributed by atoms with Crippen LogP contribution in [0.4, 0.5) is 0 Å². The summed E-state index contributed by atoms with van der Waals surface area (Å²) >= 11 is 0. The van der Waals surface area contributed by atoms with Gasteiger partial charge >= 0.3 is 0 Å². The van der Waals surface area contributed by atoms with E-state index in [1.807, 2.05) is 0 Å². The molecule has 1 nitrogen and oxygen atoms in total. The van der Waals surface area contributed by atoms with Gasteiger partial charge in [0.05, 0.1) is 0 Å². The molecule has 1 unspecified atom stereocenters. The van der Waals surface area contributed by atoms with Crippen LogP contribution in [0.1, 0.15) is 19.3 Å². The van der Waals surface area contributed by atoms with Crippen LogP contribution in [0.15, 0.2) is 0 Å². The van der Waals surface area contributed by atoms with Crippen LogP contribution in [0.5, 0.6) is 0 Å². The summed E-state index contributed by atoms with van der Waals surface area (Å²) in [6.45, 7) is 2.18. The Bertz CT molecular complexity index is 109. The molecule has 1 rings (SSSR count). The van der Waals surface area contributed by atoms with Crippen molar-refractivity contribution in [3.05, 3.63) is 0 Å². The molecule has 0 aromatic rings. The third-order valence-corrected chi connectivity index (χ3v) is 1.78. The van der Waals surface area contributed by atoms with Gasteiger partial charge in [-0.15, -0.1) is 24.8 Å². The van der Waals surface area contributed by atoms with Crippen molar-refractivity contribution in [2.75, 3.05) is 13.1 Å². The maximum atomic E-state index is 5.28. The molecule has 0 aromatic heterocycles. The minimum atomic E-state index is 0. The van der Waals surface area contributed by atoms with Crippen molar-refractivity contribution in [1.29, 1.82) is 0 Å². The van der Waals surface area contributed by atoms with Crippen LogP contribution in [-0.4, -0.2) is 13.1 Å².